The van der Waals surface area contributed by atoms with Gasteiger partial charge in [-0.2, -0.15) is 0 Å². The molecule has 71 heavy (non-hydrogen) atoms. The predicted molar refractivity (Wildman–Crippen MR) is 317 cm³/mol. The lowest BCUT2D eigenvalue weighted by atomic mass is 10.0. The first-order valence-corrected chi connectivity index (χ1v) is 31.7. The third-order valence-corrected chi connectivity index (χ3v) is 14.4. The Balaban J connectivity index is 3.41. The zero-order valence-electron chi connectivity index (χ0n) is 47.7. The number of aliphatic hydroxyl groups excluding tert-OH is 2. The van der Waals surface area contributed by atoms with Crippen LogP contribution in [-0.4, -0.2) is 34.9 Å². The molecule has 0 saturated carbocycles. The van der Waals surface area contributed by atoms with Crippen molar-refractivity contribution in [3.8, 4) is 0 Å². The van der Waals surface area contributed by atoms with E-state index in [1.165, 1.54) is 250 Å². The molecule has 3 N–H and O–H groups in total. The first-order valence-electron chi connectivity index (χ1n) is 31.7. The maximum absolute atomic E-state index is 12.5. The number of hydrogen-bond donors (Lipinski definition) is 3. The average Bonchev–Trinajstić information content (AvgIpc) is 3.37. The van der Waals surface area contributed by atoms with E-state index >= 15 is 0 Å². The molecular weight excluding hydrogens is 867 g/mol. The first-order chi connectivity index (χ1) is 35.2. The summed E-state index contributed by atoms with van der Waals surface area (Å²) in [6.07, 6.45) is 89.6. The van der Waals surface area contributed by atoms with Crippen molar-refractivity contribution < 1.29 is 15.0 Å². The van der Waals surface area contributed by atoms with Crippen molar-refractivity contribution >= 4 is 5.91 Å². The van der Waals surface area contributed by atoms with Crippen molar-refractivity contribution in [1.82, 2.24) is 5.32 Å². The summed E-state index contributed by atoms with van der Waals surface area (Å²) in [4.78, 5) is 12.5. The fourth-order valence-corrected chi connectivity index (χ4v) is 9.68. The van der Waals surface area contributed by atoms with E-state index in [-0.39, 0.29) is 12.5 Å². The van der Waals surface area contributed by atoms with Gasteiger partial charge in [0.1, 0.15) is 0 Å². The van der Waals surface area contributed by atoms with Crippen LogP contribution >= 0.6 is 0 Å². The summed E-state index contributed by atoms with van der Waals surface area (Å²) < 4.78 is 0. The largest absolute Gasteiger partial charge is 0.394 e. The maximum atomic E-state index is 12.5. The van der Waals surface area contributed by atoms with Gasteiger partial charge in [0.2, 0.25) is 5.91 Å². The normalized spacial score (nSPS) is 13.2. The Morgan fingerprint density at radius 2 is 0.620 bits per heavy atom. The zero-order chi connectivity index (χ0) is 51.3. The molecule has 0 heterocycles. The number of carbonyl (C=O) groups is 1. The van der Waals surface area contributed by atoms with Crippen molar-refractivity contribution in [1.29, 1.82) is 0 Å². The smallest absolute Gasteiger partial charge is 0.220 e. The third-order valence-electron chi connectivity index (χ3n) is 14.4. The molecule has 2 unspecified atom stereocenters. The van der Waals surface area contributed by atoms with Crippen LogP contribution in [0.4, 0.5) is 0 Å². The molecule has 0 aromatic carbocycles. The van der Waals surface area contributed by atoms with Crippen molar-refractivity contribution in [2.75, 3.05) is 6.61 Å². The van der Waals surface area contributed by atoms with Crippen LogP contribution in [0, 0.1) is 0 Å². The van der Waals surface area contributed by atoms with E-state index in [0.717, 1.165) is 57.8 Å². The SMILES string of the molecule is CC/C=C\C/C=C\C/C=C\C/C=C\C/C=C\CCCCCCCCCCCCCCCCCCCCCCCCCCCC(=O)NC(CO)C(O)/C=C/CCCCCCCCCCCCCCCCCC. The maximum Gasteiger partial charge on any atom is 0.220 e. The van der Waals surface area contributed by atoms with E-state index in [4.69, 9.17) is 0 Å². The van der Waals surface area contributed by atoms with Crippen LogP contribution in [0.3, 0.4) is 0 Å². The van der Waals surface area contributed by atoms with Crippen LogP contribution in [0.25, 0.3) is 0 Å². The monoisotopic (exact) mass is 990 g/mol. The van der Waals surface area contributed by atoms with Crippen LogP contribution in [0.15, 0.2) is 72.9 Å². The number of unbranched alkanes of at least 4 members (excludes halogenated alkanes) is 41. The molecular formula is C67H123NO3. The highest BCUT2D eigenvalue weighted by Gasteiger charge is 2.18. The molecule has 0 radical (unpaired) electrons. The van der Waals surface area contributed by atoms with Crippen LogP contribution in [-0.2, 0) is 4.79 Å². The molecule has 0 bridgehead atoms. The number of nitrogens with one attached hydrogen (secondary N) is 1. The Morgan fingerprint density at radius 1 is 0.352 bits per heavy atom. The lowest BCUT2D eigenvalue weighted by molar-refractivity contribution is -0.123. The quantitative estimate of drug-likeness (QED) is 0.0420. The molecule has 1 amide bonds. The molecule has 0 spiro atoms. The van der Waals surface area contributed by atoms with E-state index in [1.54, 1.807) is 6.08 Å². The Kier molecular flexibility index (Phi) is 60.2. The van der Waals surface area contributed by atoms with Gasteiger partial charge in [0, 0.05) is 6.42 Å². The van der Waals surface area contributed by atoms with Gasteiger partial charge in [-0.25, -0.2) is 0 Å². The van der Waals surface area contributed by atoms with Crippen LogP contribution in [0.2, 0.25) is 0 Å². The van der Waals surface area contributed by atoms with Gasteiger partial charge in [-0.05, 0) is 64.2 Å². The van der Waals surface area contributed by atoms with Gasteiger partial charge < -0.3 is 15.5 Å². The Labute approximate surface area is 444 Å². The average molecular weight is 991 g/mol. The van der Waals surface area contributed by atoms with E-state index < -0.39 is 12.1 Å². The lowest BCUT2D eigenvalue weighted by Crippen LogP contribution is -2.45. The zero-order valence-corrected chi connectivity index (χ0v) is 47.7. The molecule has 414 valence electrons. The van der Waals surface area contributed by atoms with E-state index in [1.807, 2.05) is 6.08 Å². The molecule has 0 saturated heterocycles. The van der Waals surface area contributed by atoms with Gasteiger partial charge in [0.15, 0.2) is 0 Å². The van der Waals surface area contributed by atoms with Crippen LogP contribution < -0.4 is 5.32 Å². The third kappa shape index (κ3) is 58.6. The fraction of sp³-hybridized carbons (Fsp3) is 0.806. The summed E-state index contributed by atoms with van der Waals surface area (Å²) in [7, 11) is 0. The highest BCUT2D eigenvalue weighted by molar-refractivity contribution is 5.76. The van der Waals surface area contributed by atoms with Gasteiger partial charge in [-0.3, -0.25) is 4.79 Å². The highest BCUT2D eigenvalue weighted by Crippen LogP contribution is 2.18. The number of allylic oxidation sites excluding steroid dienone is 11. The number of hydrogen-bond acceptors (Lipinski definition) is 3. The lowest BCUT2D eigenvalue weighted by Gasteiger charge is -2.20. The molecule has 4 nitrogen and oxygen atoms in total. The minimum atomic E-state index is -0.839. The summed E-state index contributed by atoms with van der Waals surface area (Å²) in [5, 5.41) is 23.2. The second-order valence-electron chi connectivity index (χ2n) is 21.5. The standard InChI is InChI=1S/C67H123NO3/c1-3-5-7-9-11-13-15-17-19-21-23-24-25-26-27-28-29-30-31-32-33-34-35-36-37-38-39-40-41-42-43-44-45-47-49-51-53-55-57-59-61-63-67(71)68-65(64-69)66(70)62-60-58-56-54-52-50-48-46-22-20-18-16-14-12-10-8-6-4-2/h5,7,11,13,17,19,23-24,26-27,60,62,65-66,69-70H,3-4,6,8-10,12,14-16,18,20-22,25,28-59,61,63-64H2,1-2H3,(H,68,71)/b7-5-,13-11-,19-17-,24-23-,27-26-,62-60+. The van der Waals surface area contributed by atoms with Gasteiger partial charge in [0.05, 0.1) is 18.8 Å². The number of carbonyl (C=O) groups excluding carboxylic acids is 1. The number of rotatable bonds is 58. The summed E-state index contributed by atoms with van der Waals surface area (Å²) in [5.74, 6) is -0.0587. The summed E-state index contributed by atoms with van der Waals surface area (Å²) >= 11 is 0. The molecule has 0 aliphatic heterocycles. The summed E-state index contributed by atoms with van der Waals surface area (Å²) in [5.41, 5.74) is 0. The van der Waals surface area contributed by atoms with Gasteiger partial charge in [0.25, 0.3) is 0 Å². The fourth-order valence-electron chi connectivity index (χ4n) is 9.68. The minimum Gasteiger partial charge on any atom is -0.394 e. The predicted octanol–water partition coefficient (Wildman–Crippen LogP) is 21.3. The van der Waals surface area contributed by atoms with Crippen molar-refractivity contribution in [2.24, 2.45) is 0 Å². The summed E-state index contributed by atoms with van der Waals surface area (Å²) in [6, 6.07) is -0.622. The highest BCUT2D eigenvalue weighted by atomic mass is 16.3. The van der Waals surface area contributed by atoms with E-state index in [0.29, 0.717) is 6.42 Å². The van der Waals surface area contributed by atoms with E-state index in [2.05, 4.69) is 79.9 Å². The Bertz CT molecular complexity index is 1210. The molecule has 0 aliphatic rings. The van der Waals surface area contributed by atoms with Crippen LogP contribution in [0.5, 0.6) is 0 Å². The molecule has 0 rings (SSSR count). The van der Waals surface area contributed by atoms with Crippen molar-refractivity contribution in [2.45, 2.75) is 341 Å². The molecule has 2 atom stereocenters. The molecule has 0 fully saturated rings. The number of aliphatic hydroxyl groups is 2. The molecule has 0 aromatic heterocycles. The van der Waals surface area contributed by atoms with Crippen LogP contribution in [0.1, 0.15) is 328 Å². The van der Waals surface area contributed by atoms with Gasteiger partial charge in [-0.15, -0.1) is 0 Å². The Morgan fingerprint density at radius 3 is 0.930 bits per heavy atom. The van der Waals surface area contributed by atoms with Gasteiger partial charge in [-0.1, -0.05) is 331 Å². The minimum absolute atomic E-state index is 0.0587. The number of amides is 1. The topological polar surface area (TPSA) is 69.6 Å². The second kappa shape index (κ2) is 62.1. The van der Waals surface area contributed by atoms with Crippen molar-refractivity contribution in [3.63, 3.8) is 0 Å². The molecule has 0 aromatic rings. The summed E-state index contributed by atoms with van der Waals surface area (Å²) in [6.45, 7) is 4.22. The second-order valence-corrected chi connectivity index (χ2v) is 21.5. The molecule has 0 aliphatic carbocycles. The van der Waals surface area contributed by atoms with Crippen molar-refractivity contribution in [3.05, 3.63) is 72.9 Å². The first kappa shape index (κ1) is 68.8. The Hall–Kier alpha value is -2.17. The van der Waals surface area contributed by atoms with Gasteiger partial charge >= 0.3 is 0 Å². The molecule has 4 heteroatoms. The van der Waals surface area contributed by atoms with E-state index in [9.17, 15) is 15.0 Å².